The van der Waals surface area contributed by atoms with Gasteiger partial charge in [0.05, 0.1) is 5.82 Å². The number of nitrogens with zero attached hydrogens (tertiary/aromatic N) is 1. The molecule has 15 heavy (non-hydrogen) atoms. The van der Waals surface area contributed by atoms with Gasteiger partial charge in [0.15, 0.2) is 0 Å². The molecule has 2 rings (SSSR count). The molecule has 86 valence electrons. The molecule has 0 aromatic heterocycles. The molecule has 2 heteroatoms. The first-order valence-electron chi connectivity index (χ1n) is 6.46. The zero-order valence-corrected chi connectivity index (χ0v) is 9.75. The Hall–Kier alpha value is -0.660. The molecule has 1 aliphatic heterocycles. The molecule has 1 saturated carbocycles. The normalized spacial score (nSPS) is 25.5. The van der Waals surface area contributed by atoms with E-state index in [9.17, 15) is 0 Å². The molecular formula is C13H24N2. The third-order valence-electron chi connectivity index (χ3n) is 4.26. The number of piperidine rings is 1. The summed E-state index contributed by atoms with van der Waals surface area (Å²) in [4.78, 5) is 2.24. The average Bonchev–Trinajstić information content (AvgIpc) is 2.30. The first-order valence-corrected chi connectivity index (χ1v) is 6.46. The molecule has 1 aliphatic carbocycles. The molecule has 0 amide bonds. The zero-order valence-electron chi connectivity index (χ0n) is 9.75. The average molecular weight is 208 g/mol. The van der Waals surface area contributed by atoms with Gasteiger partial charge in [-0.1, -0.05) is 38.7 Å². The first-order chi connectivity index (χ1) is 7.27. The molecule has 2 fully saturated rings. The van der Waals surface area contributed by atoms with E-state index in [0.717, 1.165) is 30.7 Å². The Balaban J connectivity index is 1.79. The van der Waals surface area contributed by atoms with Gasteiger partial charge in [-0.3, -0.25) is 0 Å². The number of likely N-dealkylation sites (tertiary alicyclic amines) is 1. The van der Waals surface area contributed by atoms with Crippen molar-refractivity contribution in [1.29, 1.82) is 0 Å². The molecule has 0 bridgehead atoms. The topological polar surface area (TPSA) is 29.3 Å². The van der Waals surface area contributed by atoms with Crippen LogP contribution < -0.4 is 5.73 Å². The minimum atomic E-state index is 0.761. The van der Waals surface area contributed by atoms with Crippen LogP contribution in [0.25, 0.3) is 0 Å². The monoisotopic (exact) mass is 208 g/mol. The van der Waals surface area contributed by atoms with E-state index in [2.05, 4.69) is 11.5 Å². The predicted octanol–water partition coefficient (Wildman–Crippen LogP) is 2.71. The van der Waals surface area contributed by atoms with Gasteiger partial charge in [-0.25, -0.2) is 0 Å². The lowest BCUT2D eigenvalue weighted by Gasteiger charge is -2.38. The summed E-state index contributed by atoms with van der Waals surface area (Å²) in [6.45, 7) is 6.09. The molecule has 0 aromatic rings. The Morgan fingerprint density at radius 2 is 1.47 bits per heavy atom. The van der Waals surface area contributed by atoms with Crippen molar-refractivity contribution >= 4 is 0 Å². The number of nitrogens with two attached hydrogens (primary N) is 1. The maximum absolute atomic E-state index is 5.72. The van der Waals surface area contributed by atoms with Crippen molar-refractivity contribution in [3.8, 4) is 0 Å². The number of hydrogen-bond donors (Lipinski definition) is 1. The fraction of sp³-hybridized carbons (Fsp3) is 0.846. The second-order valence-corrected chi connectivity index (χ2v) is 5.21. The molecule has 0 unspecified atom stereocenters. The van der Waals surface area contributed by atoms with Crippen LogP contribution >= 0.6 is 0 Å². The summed E-state index contributed by atoms with van der Waals surface area (Å²) in [5.41, 5.74) is 5.72. The lowest BCUT2D eigenvalue weighted by molar-refractivity contribution is 0.148. The van der Waals surface area contributed by atoms with E-state index in [1.807, 2.05) is 0 Å². The van der Waals surface area contributed by atoms with Crippen LogP contribution in [0.5, 0.6) is 0 Å². The van der Waals surface area contributed by atoms with Gasteiger partial charge in [-0.15, -0.1) is 0 Å². The highest BCUT2D eigenvalue weighted by Crippen LogP contribution is 2.35. The van der Waals surface area contributed by atoms with Gasteiger partial charge >= 0.3 is 0 Å². The lowest BCUT2D eigenvalue weighted by Crippen LogP contribution is -2.37. The smallest absolute Gasteiger partial charge is 0.0912 e. The van der Waals surface area contributed by atoms with Crippen LogP contribution in [-0.4, -0.2) is 18.0 Å². The Morgan fingerprint density at radius 3 is 2.00 bits per heavy atom. The van der Waals surface area contributed by atoms with Crippen LogP contribution in [-0.2, 0) is 0 Å². The molecule has 2 N–H and O–H groups in total. The third-order valence-corrected chi connectivity index (χ3v) is 4.26. The third kappa shape index (κ3) is 2.67. The molecule has 0 spiro atoms. The Labute approximate surface area is 93.5 Å². The van der Waals surface area contributed by atoms with Crippen molar-refractivity contribution in [3.63, 3.8) is 0 Å². The Bertz CT molecular complexity index is 211. The summed E-state index contributed by atoms with van der Waals surface area (Å²) in [6.07, 6.45) is 10.0. The van der Waals surface area contributed by atoms with Gasteiger partial charge in [-0.05, 0) is 24.7 Å². The van der Waals surface area contributed by atoms with Gasteiger partial charge in [0.2, 0.25) is 0 Å². The minimum Gasteiger partial charge on any atom is -0.386 e. The van der Waals surface area contributed by atoms with Crippen molar-refractivity contribution in [1.82, 2.24) is 4.90 Å². The van der Waals surface area contributed by atoms with Gasteiger partial charge in [0.1, 0.15) is 0 Å². The molecule has 1 heterocycles. The summed E-state index contributed by atoms with van der Waals surface area (Å²) in [5, 5.41) is 0. The molecule has 0 atom stereocenters. The fourth-order valence-electron chi connectivity index (χ4n) is 3.26. The zero-order chi connectivity index (χ0) is 10.7. The number of rotatable bonds is 2. The largest absolute Gasteiger partial charge is 0.386 e. The Kier molecular flexibility index (Phi) is 3.55. The molecule has 1 saturated heterocycles. The second-order valence-electron chi connectivity index (χ2n) is 5.21. The molecule has 0 radical (unpaired) electrons. The highest BCUT2D eigenvalue weighted by Gasteiger charge is 2.27. The van der Waals surface area contributed by atoms with Crippen LogP contribution in [0.1, 0.15) is 44.9 Å². The second kappa shape index (κ2) is 4.91. The van der Waals surface area contributed by atoms with E-state index in [0.29, 0.717) is 0 Å². The van der Waals surface area contributed by atoms with Crippen LogP contribution in [0.3, 0.4) is 0 Å². The maximum Gasteiger partial charge on any atom is 0.0912 e. The van der Waals surface area contributed by atoms with Crippen LogP contribution in [0.15, 0.2) is 12.4 Å². The van der Waals surface area contributed by atoms with E-state index in [4.69, 9.17) is 5.73 Å². The summed E-state index contributed by atoms with van der Waals surface area (Å²) in [5.74, 6) is 2.75. The highest BCUT2D eigenvalue weighted by atomic mass is 15.2. The summed E-state index contributed by atoms with van der Waals surface area (Å²) < 4.78 is 0. The molecule has 2 aliphatic rings. The minimum absolute atomic E-state index is 0.761. The molecule has 0 aromatic carbocycles. The van der Waals surface area contributed by atoms with Crippen LogP contribution in [0.2, 0.25) is 0 Å². The van der Waals surface area contributed by atoms with Crippen LogP contribution in [0.4, 0.5) is 0 Å². The summed E-state index contributed by atoms with van der Waals surface area (Å²) in [7, 11) is 0. The predicted molar refractivity (Wildman–Crippen MR) is 64.2 cm³/mol. The molecule has 2 nitrogen and oxygen atoms in total. The van der Waals surface area contributed by atoms with E-state index in [1.54, 1.807) is 0 Å². The summed E-state index contributed by atoms with van der Waals surface area (Å²) >= 11 is 0. The standard InChI is InChI=1S/C13H24N2/c1-11(14)15-9-7-13(8-10-15)12-5-3-2-4-6-12/h12-13H,1-10,14H2. The SMILES string of the molecule is C=C(N)N1CCC(C2CCCCC2)CC1. The van der Waals surface area contributed by atoms with E-state index in [-0.39, 0.29) is 0 Å². The van der Waals surface area contributed by atoms with Crippen LogP contribution in [0, 0.1) is 11.8 Å². The highest BCUT2D eigenvalue weighted by molar-refractivity contribution is 4.91. The summed E-state index contributed by atoms with van der Waals surface area (Å²) in [6, 6.07) is 0. The Morgan fingerprint density at radius 1 is 0.933 bits per heavy atom. The van der Waals surface area contributed by atoms with E-state index >= 15 is 0 Å². The van der Waals surface area contributed by atoms with Crippen molar-refractivity contribution < 1.29 is 0 Å². The van der Waals surface area contributed by atoms with Crippen molar-refractivity contribution in [2.24, 2.45) is 17.6 Å². The number of hydrogen-bond acceptors (Lipinski definition) is 2. The maximum atomic E-state index is 5.72. The van der Waals surface area contributed by atoms with E-state index < -0.39 is 0 Å². The van der Waals surface area contributed by atoms with Crippen molar-refractivity contribution in [3.05, 3.63) is 12.4 Å². The molecular weight excluding hydrogens is 184 g/mol. The fourth-order valence-corrected chi connectivity index (χ4v) is 3.26. The van der Waals surface area contributed by atoms with Crippen molar-refractivity contribution in [2.75, 3.05) is 13.1 Å². The first kappa shape index (κ1) is 10.8. The van der Waals surface area contributed by atoms with Gasteiger partial charge in [-0.2, -0.15) is 0 Å². The van der Waals surface area contributed by atoms with Gasteiger partial charge < -0.3 is 10.6 Å². The van der Waals surface area contributed by atoms with Gasteiger partial charge in [0.25, 0.3) is 0 Å². The van der Waals surface area contributed by atoms with E-state index in [1.165, 1.54) is 44.9 Å². The quantitative estimate of drug-likeness (QED) is 0.756. The van der Waals surface area contributed by atoms with Gasteiger partial charge in [0, 0.05) is 13.1 Å². The van der Waals surface area contributed by atoms with Crippen molar-refractivity contribution in [2.45, 2.75) is 44.9 Å². The lowest BCUT2D eigenvalue weighted by atomic mass is 9.76.